The summed E-state index contributed by atoms with van der Waals surface area (Å²) in [6.45, 7) is 0.290. The van der Waals surface area contributed by atoms with E-state index in [0.717, 1.165) is 5.56 Å². The summed E-state index contributed by atoms with van der Waals surface area (Å²) in [4.78, 5) is 15.1. The van der Waals surface area contributed by atoms with Gasteiger partial charge in [-0.25, -0.2) is 9.78 Å². The summed E-state index contributed by atoms with van der Waals surface area (Å²) in [5, 5.41) is 0.961. The predicted octanol–water partition coefficient (Wildman–Crippen LogP) is 2.18. The van der Waals surface area contributed by atoms with Gasteiger partial charge in [0.1, 0.15) is 0 Å². The molecule has 17 heavy (non-hydrogen) atoms. The molecule has 0 saturated heterocycles. The number of halogens is 2. The summed E-state index contributed by atoms with van der Waals surface area (Å²) >= 11 is 11.6. The lowest BCUT2D eigenvalue weighted by Gasteiger charge is -2.08. The van der Waals surface area contributed by atoms with E-state index < -0.39 is 0 Å². The third kappa shape index (κ3) is 2.78. The van der Waals surface area contributed by atoms with Crippen molar-refractivity contribution in [2.45, 2.75) is 6.54 Å². The second-order valence-electron chi connectivity index (χ2n) is 3.53. The molecule has 88 valence electrons. The van der Waals surface area contributed by atoms with Gasteiger partial charge >= 0.3 is 5.69 Å². The number of aromatic nitrogens is 2. The minimum atomic E-state index is -0.381. The molecular formula is C11H9Cl2N3O. The number of benzene rings is 1. The van der Waals surface area contributed by atoms with Crippen LogP contribution in [0.3, 0.4) is 0 Å². The SMILES string of the molecule is Nc1ccc(Cl)cc1Cn1cc(Cl)cnc1=O. The lowest BCUT2D eigenvalue weighted by molar-refractivity contribution is 0.728. The van der Waals surface area contributed by atoms with Crippen molar-refractivity contribution < 1.29 is 0 Å². The van der Waals surface area contributed by atoms with Crippen LogP contribution in [-0.2, 0) is 6.54 Å². The maximum Gasteiger partial charge on any atom is 0.347 e. The molecule has 2 rings (SSSR count). The summed E-state index contributed by atoms with van der Waals surface area (Å²) in [5.41, 5.74) is 6.74. The minimum absolute atomic E-state index is 0.290. The molecule has 2 aromatic rings. The number of nitrogen functional groups attached to an aromatic ring is 1. The quantitative estimate of drug-likeness (QED) is 0.851. The maximum atomic E-state index is 11.5. The van der Waals surface area contributed by atoms with Gasteiger partial charge in [0.15, 0.2) is 0 Å². The zero-order chi connectivity index (χ0) is 12.4. The Balaban J connectivity index is 2.41. The standard InChI is InChI=1S/C11H9Cl2N3O/c12-8-1-2-10(14)7(3-8)5-16-6-9(13)4-15-11(16)17/h1-4,6H,5,14H2. The first-order valence-corrected chi connectivity index (χ1v) is 5.58. The maximum absolute atomic E-state index is 11.5. The summed E-state index contributed by atoms with van der Waals surface area (Å²) in [6.07, 6.45) is 2.82. The smallest absolute Gasteiger partial charge is 0.347 e. The zero-order valence-electron chi connectivity index (χ0n) is 8.73. The summed E-state index contributed by atoms with van der Waals surface area (Å²) in [6, 6.07) is 5.10. The molecule has 2 N–H and O–H groups in total. The van der Waals surface area contributed by atoms with Crippen molar-refractivity contribution in [3.05, 3.63) is 56.7 Å². The first-order chi connectivity index (χ1) is 8.06. The van der Waals surface area contributed by atoms with E-state index in [0.29, 0.717) is 22.3 Å². The van der Waals surface area contributed by atoms with Gasteiger partial charge in [-0.05, 0) is 23.8 Å². The van der Waals surface area contributed by atoms with Crippen molar-refractivity contribution in [1.29, 1.82) is 0 Å². The monoisotopic (exact) mass is 269 g/mol. The molecular weight excluding hydrogens is 261 g/mol. The van der Waals surface area contributed by atoms with Crippen LogP contribution >= 0.6 is 23.2 Å². The Kier molecular flexibility index (Phi) is 3.36. The number of anilines is 1. The fraction of sp³-hybridized carbons (Fsp3) is 0.0909. The Morgan fingerprint density at radius 3 is 2.82 bits per heavy atom. The second-order valence-corrected chi connectivity index (χ2v) is 4.40. The van der Waals surface area contributed by atoms with Crippen molar-refractivity contribution in [2.75, 3.05) is 5.73 Å². The van der Waals surface area contributed by atoms with Crippen molar-refractivity contribution in [3.8, 4) is 0 Å². The van der Waals surface area contributed by atoms with E-state index in [1.165, 1.54) is 17.0 Å². The van der Waals surface area contributed by atoms with Crippen LogP contribution in [0, 0.1) is 0 Å². The molecule has 1 aromatic carbocycles. The number of rotatable bonds is 2. The van der Waals surface area contributed by atoms with Crippen molar-refractivity contribution in [3.63, 3.8) is 0 Å². The summed E-state index contributed by atoms with van der Waals surface area (Å²) in [7, 11) is 0. The van der Waals surface area contributed by atoms with E-state index in [1.807, 2.05) is 0 Å². The highest BCUT2D eigenvalue weighted by molar-refractivity contribution is 6.30. The zero-order valence-corrected chi connectivity index (χ0v) is 10.2. The molecule has 4 nitrogen and oxygen atoms in total. The van der Waals surface area contributed by atoms with Gasteiger partial charge in [-0.1, -0.05) is 23.2 Å². The van der Waals surface area contributed by atoms with Crippen molar-refractivity contribution in [1.82, 2.24) is 9.55 Å². The van der Waals surface area contributed by atoms with E-state index in [9.17, 15) is 4.79 Å². The van der Waals surface area contributed by atoms with E-state index in [4.69, 9.17) is 28.9 Å². The average molecular weight is 270 g/mol. The molecule has 0 unspecified atom stereocenters. The van der Waals surface area contributed by atoms with Crippen molar-refractivity contribution in [2.24, 2.45) is 0 Å². The van der Waals surface area contributed by atoms with Crippen LogP contribution in [0.4, 0.5) is 5.69 Å². The van der Waals surface area contributed by atoms with E-state index in [2.05, 4.69) is 4.98 Å². The van der Waals surface area contributed by atoms with E-state index in [1.54, 1.807) is 18.2 Å². The third-order valence-electron chi connectivity index (χ3n) is 2.27. The Morgan fingerprint density at radius 2 is 2.06 bits per heavy atom. The van der Waals surface area contributed by atoms with E-state index in [-0.39, 0.29) is 5.69 Å². The average Bonchev–Trinajstić information content (AvgIpc) is 2.28. The number of hydrogen-bond acceptors (Lipinski definition) is 3. The van der Waals surface area contributed by atoms with Crippen LogP contribution in [0.5, 0.6) is 0 Å². The summed E-state index contributed by atoms with van der Waals surface area (Å²) < 4.78 is 1.38. The third-order valence-corrected chi connectivity index (χ3v) is 2.70. The fourth-order valence-electron chi connectivity index (χ4n) is 1.44. The Morgan fingerprint density at radius 1 is 1.29 bits per heavy atom. The first-order valence-electron chi connectivity index (χ1n) is 4.82. The van der Waals surface area contributed by atoms with Crippen LogP contribution in [0.2, 0.25) is 10.0 Å². The predicted molar refractivity (Wildman–Crippen MR) is 68.5 cm³/mol. The first kappa shape index (κ1) is 12.0. The molecule has 0 amide bonds. The minimum Gasteiger partial charge on any atom is -0.398 e. The highest BCUT2D eigenvalue weighted by Crippen LogP contribution is 2.18. The van der Waals surface area contributed by atoms with Gasteiger partial charge in [-0.2, -0.15) is 0 Å². The lowest BCUT2D eigenvalue weighted by atomic mass is 10.2. The van der Waals surface area contributed by atoms with Crippen LogP contribution in [-0.4, -0.2) is 9.55 Å². The molecule has 0 atom stereocenters. The molecule has 0 aliphatic carbocycles. The molecule has 0 aliphatic heterocycles. The molecule has 6 heteroatoms. The second kappa shape index (κ2) is 4.77. The van der Waals surface area contributed by atoms with Gasteiger partial charge in [0.25, 0.3) is 0 Å². The molecule has 0 spiro atoms. The molecule has 1 aromatic heterocycles. The van der Waals surface area contributed by atoms with E-state index >= 15 is 0 Å². The van der Waals surface area contributed by atoms with Crippen molar-refractivity contribution >= 4 is 28.9 Å². The number of hydrogen-bond donors (Lipinski definition) is 1. The van der Waals surface area contributed by atoms with Gasteiger partial charge in [-0.3, -0.25) is 4.57 Å². The van der Waals surface area contributed by atoms with Gasteiger partial charge in [0.2, 0.25) is 0 Å². The molecule has 0 aliphatic rings. The molecule has 0 fully saturated rings. The van der Waals surface area contributed by atoms with Gasteiger partial charge < -0.3 is 5.73 Å². The van der Waals surface area contributed by atoms with Crippen LogP contribution in [0.1, 0.15) is 5.56 Å². The number of nitrogens with zero attached hydrogens (tertiary/aromatic N) is 2. The fourth-order valence-corrected chi connectivity index (χ4v) is 1.80. The van der Waals surface area contributed by atoms with Gasteiger partial charge in [0, 0.05) is 16.9 Å². The Bertz CT molecular complexity index is 610. The van der Waals surface area contributed by atoms with Crippen LogP contribution in [0.15, 0.2) is 35.4 Å². The highest BCUT2D eigenvalue weighted by Gasteiger charge is 2.04. The Labute approximate surface area is 108 Å². The molecule has 0 bridgehead atoms. The van der Waals surface area contributed by atoms with Crippen LogP contribution < -0.4 is 11.4 Å². The van der Waals surface area contributed by atoms with Crippen LogP contribution in [0.25, 0.3) is 0 Å². The van der Waals surface area contributed by atoms with Gasteiger partial charge in [-0.15, -0.1) is 0 Å². The molecule has 0 radical (unpaired) electrons. The molecule has 0 saturated carbocycles. The Hall–Kier alpha value is -1.52. The van der Waals surface area contributed by atoms with Gasteiger partial charge in [0.05, 0.1) is 17.8 Å². The summed E-state index contributed by atoms with van der Waals surface area (Å²) in [5.74, 6) is 0. The topological polar surface area (TPSA) is 60.9 Å². The molecule has 1 heterocycles. The highest BCUT2D eigenvalue weighted by atomic mass is 35.5. The normalized spacial score (nSPS) is 10.5. The number of nitrogens with two attached hydrogens (primary N) is 1. The lowest BCUT2D eigenvalue weighted by Crippen LogP contribution is -2.22. The largest absolute Gasteiger partial charge is 0.398 e.